The van der Waals surface area contributed by atoms with E-state index in [1.807, 2.05) is 20.8 Å². The summed E-state index contributed by atoms with van der Waals surface area (Å²) in [6.45, 7) is 10.5. The number of hydrogen-bond acceptors (Lipinski definition) is 2. The average Bonchev–Trinajstić information content (AvgIpc) is 2.47. The lowest BCUT2D eigenvalue weighted by atomic mass is 9.99. The normalized spacial score (nSPS) is 20.4. The predicted octanol–water partition coefficient (Wildman–Crippen LogP) is 3.76. The van der Waals surface area contributed by atoms with E-state index in [0.717, 1.165) is 24.6 Å². The Kier molecular flexibility index (Phi) is 5.27. The Morgan fingerprint density at radius 2 is 1.90 bits per heavy atom. The number of anilines is 1. The summed E-state index contributed by atoms with van der Waals surface area (Å²) >= 11 is 0. The van der Waals surface area contributed by atoms with Crippen LogP contribution in [0.4, 0.5) is 5.69 Å². The molecule has 1 saturated heterocycles. The fourth-order valence-electron chi connectivity index (χ4n) is 2.86. The molecule has 0 aliphatic carbocycles. The van der Waals surface area contributed by atoms with Gasteiger partial charge >= 0.3 is 0 Å². The summed E-state index contributed by atoms with van der Waals surface area (Å²) in [5.74, 6) is 0.917. The Morgan fingerprint density at radius 3 is 2.48 bits per heavy atom. The molecule has 3 nitrogen and oxygen atoms in total. The van der Waals surface area contributed by atoms with Crippen molar-refractivity contribution in [3.05, 3.63) is 29.8 Å². The van der Waals surface area contributed by atoms with Gasteiger partial charge in [-0.25, -0.2) is 0 Å². The molecule has 1 fully saturated rings. The summed E-state index contributed by atoms with van der Waals surface area (Å²) in [5, 5.41) is 3.05. The van der Waals surface area contributed by atoms with Crippen molar-refractivity contribution in [2.45, 2.75) is 46.6 Å². The van der Waals surface area contributed by atoms with Crippen LogP contribution in [-0.4, -0.2) is 19.0 Å². The molecule has 0 saturated carbocycles. The zero-order valence-corrected chi connectivity index (χ0v) is 13.7. The van der Waals surface area contributed by atoms with Crippen molar-refractivity contribution in [1.29, 1.82) is 0 Å². The summed E-state index contributed by atoms with van der Waals surface area (Å²) in [5.41, 5.74) is 2.46. The van der Waals surface area contributed by atoms with Gasteiger partial charge < -0.3 is 10.2 Å². The summed E-state index contributed by atoms with van der Waals surface area (Å²) in [6.07, 6.45) is 2.62. The Bertz CT molecular complexity index is 467. The summed E-state index contributed by atoms with van der Waals surface area (Å²) in [7, 11) is 0. The molecule has 0 radical (unpaired) electrons. The van der Waals surface area contributed by atoms with Gasteiger partial charge in [0, 0.05) is 24.7 Å². The van der Waals surface area contributed by atoms with Gasteiger partial charge in [-0.05, 0) is 43.4 Å². The predicted molar refractivity (Wildman–Crippen MR) is 88.4 cm³/mol. The zero-order valence-electron chi connectivity index (χ0n) is 13.7. The monoisotopic (exact) mass is 288 g/mol. The van der Waals surface area contributed by atoms with Crippen LogP contribution in [0, 0.1) is 11.8 Å². The van der Waals surface area contributed by atoms with Gasteiger partial charge in [0.15, 0.2) is 0 Å². The van der Waals surface area contributed by atoms with E-state index in [0.29, 0.717) is 0 Å². The van der Waals surface area contributed by atoms with Crippen LogP contribution in [-0.2, 0) is 4.79 Å². The maximum atomic E-state index is 11.8. The molecule has 1 aliphatic rings. The molecule has 0 bridgehead atoms. The number of carbonyl (C=O) groups excluding carboxylic acids is 1. The lowest BCUT2D eigenvalue weighted by Crippen LogP contribution is -2.34. The number of hydrogen-bond donors (Lipinski definition) is 1. The molecule has 1 aromatic carbocycles. The summed E-state index contributed by atoms with van der Waals surface area (Å²) in [6, 6.07) is 8.71. The number of nitrogens with zero attached hydrogens (tertiary/aromatic N) is 1. The van der Waals surface area contributed by atoms with Gasteiger partial charge in [-0.1, -0.05) is 32.9 Å². The number of carbonyl (C=O) groups is 1. The fourth-order valence-corrected chi connectivity index (χ4v) is 2.86. The summed E-state index contributed by atoms with van der Waals surface area (Å²) in [4.78, 5) is 14.2. The molecular formula is C18H28N2O. The van der Waals surface area contributed by atoms with E-state index in [1.54, 1.807) is 0 Å². The summed E-state index contributed by atoms with van der Waals surface area (Å²) < 4.78 is 0. The van der Waals surface area contributed by atoms with Gasteiger partial charge in [0.2, 0.25) is 5.91 Å². The molecule has 3 heteroatoms. The van der Waals surface area contributed by atoms with E-state index >= 15 is 0 Å². The van der Waals surface area contributed by atoms with Crippen LogP contribution in [0.3, 0.4) is 0 Å². The van der Waals surface area contributed by atoms with Gasteiger partial charge in [0.05, 0.1) is 6.04 Å². The van der Waals surface area contributed by atoms with Gasteiger partial charge in [-0.15, -0.1) is 0 Å². The molecule has 2 atom stereocenters. The average molecular weight is 288 g/mol. The number of benzene rings is 1. The number of amides is 1. The molecular weight excluding hydrogens is 260 g/mol. The van der Waals surface area contributed by atoms with Crippen LogP contribution >= 0.6 is 0 Å². The lowest BCUT2D eigenvalue weighted by molar-refractivity contribution is -0.124. The third-order valence-electron chi connectivity index (χ3n) is 4.30. The highest BCUT2D eigenvalue weighted by Crippen LogP contribution is 2.24. The Balaban J connectivity index is 1.99. The first kappa shape index (κ1) is 15.9. The molecule has 116 valence electrons. The van der Waals surface area contributed by atoms with Crippen LogP contribution in [0.5, 0.6) is 0 Å². The third-order valence-corrected chi connectivity index (χ3v) is 4.30. The van der Waals surface area contributed by atoms with Crippen molar-refractivity contribution in [3.63, 3.8) is 0 Å². The highest BCUT2D eigenvalue weighted by molar-refractivity contribution is 5.78. The van der Waals surface area contributed by atoms with Crippen LogP contribution in [0.15, 0.2) is 24.3 Å². The number of rotatable bonds is 4. The molecule has 21 heavy (non-hydrogen) atoms. The second-order valence-corrected chi connectivity index (χ2v) is 6.67. The Morgan fingerprint density at radius 1 is 1.24 bits per heavy atom. The van der Waals surface area contributed by atoms with Crippen molar-refractivity contribution in [2.24, 2.45) is 11.8 Å². The molecule has 2 unspecified atom stereocenters. The van der Waals surface area contributed by atoms with Crippen molar-refractivity contribution >= 4 is 11.6 Å². The van der Waals surface area contributed by atoms with E-state index in [-0.39, 0.29) is 17.9 Å². The molecule has 0 spiro atoms. The first-order valence-electron chi connectivity index (χ1n) is 8.12. The maximum absolute atomic E-state index is 11.8. The zero-order chi connectivity index (χ0) is 15.4. The largest absolute Gasteiger partial charge is 0.371 e. The van der Waals surface area contributed by atoms with Crippen molar-refractivity contribution in [3.8, 4) is 0 Å². The van der Waals surface area contributed by atoms with Gasteiger partial charge in [-0.2, -0.15) is 0 Å². The van der Waals surface area contributed by atoms with E-state index in [4.69, 9.17) is 0 Å². The van der Waals surface area contributed by atoms with Gasteiger partial charge in [-0.3, -0.25) is 4.79 Å². The minimum Gasteiger partial charge on any atom is -0.371 e. The van der Waals surface area contributed by atoms with Crippen LogP contribution < -0.4 is 10.2 Å². The fraction of sp³-hybridized carbons (Fsp3) is 0.611. The van der Waals surface area contributed by atoms with Crippen LogP contribution in [0.2, 0.25) is 0 Å². The third kappa shape index (κ3) is 4.23. The topological polar surface area (TPSA) is 32.3 Å². The number of nitrogens with one attached hydrogen (secondary N) is 1. The van der Waals surface area contributed by atoms with E-state index in [1.165, 1.54) is 18.5 Å². The molecule has 1 amide bonds. The quantitative estimate of drug-likeness (QED) is 0.915. The van der Waals surface area contributed by atoms with Crippen molar-refractivity contribution in [1.82, 2.24) is 5.32 Å². The lowest BCUT2D eigenvalue weighted by Gasteiger charge is -2.33. The molecule has 0 aromatic heterocycles. The highest BCUT2D eigenvalue weighted by atomic mass is 16.1. The van der Waals surface area contributed by atoms with Crippen LogP contribution in [0.1, 0.15) is 52.1 Å². The molecule has 2 rings (SSSR count). The maximum Gasteiger partial charge on any atom is 0.223 e. The minimum absolute atomic E-state index is 0.0292. The van der Waals surface area contributed by atoms with Crippen LogP contribution in [0.25, 0.3) is 0 Å². The second-order valence-electron chi connectivity index (χ2n) is 6.67. The van der Waals surface area contributed by atoms with E-state index < -0.39 is 0 Å². The molecule has 1 aromatic rings. The first-order valence-corrected chi connectivity index (χ1v) is 8.12. The molecule has 1 heterocycles. The first-order chi connectivity index (χ1) is 9.97. The number of piperidine rings is 1. The van der Waals surface area contributed by atoms with Gasteiger partial charge in [0.25, 0.3) is 0 Å². The second kappa shape index (κ2) is 6.97. The van der Waals surface area contributed by atoms with E-state index in [9.17, 15) is 4.79 Å². The standard InChI is InChI=1S/C18H28N2O/c1-13(2)18(21)19-15(4)16-7-9-17(10-8-16)20-11-5-6-14(3)12-20/h7-10,13-15H,5-6,11-12H2,1-4H3,(H,19,21). The molecule has 1 aliphatic heterocycles. The SMILES string of the molecule is CC1CCCN(c2ccc(C(C)NC(=O)C(C)C)cc2)C1. The minimum atomic E-state index is 0.0292. The Hall–Kier alpha value is -1.51. The molecule has 1 N–H and O–H groups in total. The van der Waals surface area contributed by atoms with Gasteiger partial charge in [0.1, 0.15) is 0 Å². The van der Waals surface area contributed by atoms with Crippen molar-refractivity contribution < 1.29 is 4.79 Å². The van der Waals surface area contributed by atoms with E-state index in [2.05, 4.69) is 41.4 Å². The van der Waals surface area contributed by atoms with Crippen molar-refractivity contribution in [2.75, 3.05) is 18.0 Å². The highest BCUT2D eigenvalue weighted by Gasteiger charge is 2.17. The Labute approximate surface area is 128 Å². The smallest absolute Gasteiger partial charge is 0.223 e.